The molecule has 6 heteroatoms. The molecule has 2 heterocycles. The van der Waals surface area contributed by atoms with E-state index in [0.717, 1.165) is 22.7 Å². The Morgan fingerprint density at radius 2 is 2.20 bits per heavy atom. The summed E-state index contributed by atoms with van der Waals surface area (Å²) >= 11 is 1.48. The maximum atomic E-state index is 13.6. The minimum atomic E-state index is -0.284. The highest BCUT2D eigenvalue weighted by atomic mass is 32.1. The predicted octanol–water partition coefficient (Wildman–Crippen LogP) is 2.15. The van der Waals surface area contributed by atoms with Gasteiger partial charge in [0.2, 0.25) is 5.91 Å². The van der Waals surface area contributed by atoms with E-state index in [2.05, 4.69) is 10.3 Å². The van der Waals surface area contributed by atoms with Gasteiger partial charge in [-0.1, -0.05) is 17.4 Å². The molecule has 1 aromatic carbocycles. The highest BCUT2D eigenvalue weighted by Crippen LogP contribution is 2.34. The second-order valence-corrected chi connectivity index (χ2v) is 6.48. The minimum Gasteiger partial charge on any atom is -0.353 e. The van der Waals surface area contributed by atoms with Crippen molar-refractivity contribution in [2.24, 2.45) is 5.92 Å². The van der Waals surface area contributed by atoms with Crippen LogP contribution < -0.4 is 10.2 Å². The number of carbonyl (C=O) groups excluding carboxylic acids is 1. The Labute approximate surface area is 119 Å². The molecule has 2 fully saturated rings. The highest BCUT2D eigenvalue weighted by molar-refractivity contribution is 7.22. The topological polar surface area (TPSA) is 45.2 Å². The van der Waals surface area contributed by atoms with E-state index in [1.807, 2.05) is 11.0 Å². The van der Waals surface area contributed by atoms with Crippen molar-refractivity contribution in [3.63, 3.8) is 0 Å². The van der Waals surface area contributed by atoms with Crippen molar-refractivity contribution < 1.29 is 9.18 Å². The lowest BCUT2D eigenvalue weighted by molar-refractivity contribution is -0.125. The molecule has 0 bridgehead atoms. The minimum absolute atomic E-state index is 0.0486. The van der Waals surface area contributed by atoms with Gasteiger partial charge in [-0.15, -0.1) is 0 Å². The maximum Gasteiger partial charge on any atom is 0.226 e. The van der Waals surface area contributed by atoms with Crippen molar-refractivity contribution in [3.8, 4) is 0 Å². The number of benzene rings is 1. The Morgan fingerprint density at radius 1 is 1.40 bits per heavy atom. The van der Waals surface area contributed by atoms with E-state index < -0.39 is 0 Å². The number of thiazole rings is 1. The molecule has 1 saturated carbocycles. The SMILES string of the molecule is O=C(NC1CC1)C1CN(c2nc3c(F)cccc3s2)C1. The Balaban J connectivity index is 1.46. The molecule has 2 aliphatic rings. The van der Waals surface area contributed by atoms with Gasteiger partial charge in [-0.05, 0) is 25.0 Å². The van der Waals surface area contributed by atoms with Crippen LogP contribution in [-0.4, -0.2) is 30.0 Å². The lowest BCUT2D eigenvalue weighted by Crippen LogP contribution is -2.54. The summed E-state index contributed by atoms with van der Waals surface area (Å²) in [4.78, 5) is 18.2. The fraction of sp³-hybridized carbons (Fsp3) is 0.429. The Morgan fingerprint density at radius 3 is 2.90 bits per heavy atom. The summed E-state index contributed by atoms with van der Waals surface area (Å²) in [7, 11) is 0. The number of fused-ring (bicyclic) bond motifs is 1. The molecule has 1 amide bonds. The molecule has 20 heavy (non-hydrogen) atoms. The molecule has 1 aliphatic carbocycles. The van der Waals surface area contributed by atoms with E-state index in [1.54, 1.807) is 6.07 Å². The molecular weight excluding hydrogens is 277 g/mol. The number of rotatable bonds is 3. The molecule has 1 aromatic heterocycles. The number of hydrogen-bond donors (Lipinski definition) is 1. The van der Waals surface area contributed by atoms with Gasteiger partial charge in [-0.25, -0.2) is 9.37 Å². The first-order valence-corrected chi connectivity index (χ1v) is 7.63. The monoisotopic (exact) mass is 291 g/mol. The summed E-state index contributed by atoms with van der Waals surface area (Å²) in [5, 5.41) is 3.83. The zero-order chi connectivity index (χ0) is 13.7. The first-order valence-electron chi connectivity index (χ1n) is 6.81. The maximum absolute atomic E-state index is 13.6. The highest BCUT2D eigenvalue weighted by Gasteiger charge is 2.36. The molecular formula is C14H14FN3OS. The summed E-state index contributed by atoms with van der Waals surface area (Å²) in [6.07, 6.45) is 2.22. The van der Waals surface area contributed by atoms with Crippen LogP contribution in [0.1, 0.15) is 12.8 Å². The van der Waals surface area contributed by atoms with E-state index in [0.29, 0.717) is 24.6 Å². The zero-order valence-corrected chi connectivity index (χ0v) is 11.6. The van der Waals surface area contributed by atoms with Gasteiger partial charge in [-0.2, -0.15) is 0 Å². The van der Waals surface area contributed by atoms with E-state index in [9.17, 15) is 9.18 Å². The molecule has 4 rings (SSSR count). The summed E-state index contributed by atoms with van der Waals surface area (Å²) in [6, 6.07) is 5.40. The van der Waals surface area contributed by atoms with Crippen LogP contribution in [0.5, 0.6) is 0 Å². The third-order valence-electron chi connectivity index (χ3n) is 3.81. The average Bonchev–Trinajstić information content (AvgIpc) is 3.05. The molecule has 1 aliphatic heterocycles. The van der Waals surface area contributed by atoms with Gasteiger partial charge in [0.05, 0.1) is 10.6 Å². The molecule has 0 atom stereocenters. The normalized spacial score (nSPS) is 19.1. The zero-order valence-electron chi connectivity index (χ0n) is 10.8. The molecule has 1 saturated heterocycles. The van der Waals surface area contributed by atoms with Gasteiger partial charge < -0.3 is 10.2 Å². The predicted molar refractivity (Wildman–Crippen MR) is 76.4 cm³/mol. The Kier molecular flexibility index (Phi) is 2.66. The van der Waals surface area contributed by atoms with Crippen LogP contribution in [0.25, 0.3) is 10.2 Å². The number of nitrogens with one attached hydrogen (secondary N) is 1. The largest absolute Gasteiger partial charge is 0.353 e. The van der Waals surface area contributed by atoms with Gasteiger partial charge in [0.25, 0.3) is 0 Å². The van der Waals surface area contributed by atoms with Crippen LogP contribution in [0.15, 0.2) is 18.2 Å². The lowest BCUT2D eigenvalue weighted by Gasteiger charge is -2.37. The quantitative estimate of drug-likeness (QED) is 0.942. The smallest absolute Gasteiger partial charge is 0.226 e. The fourth-order valence-electron chi connectivity index (χ4n) is 2.39. The molecule has 2 aromatic rings. The number of halogens is 1. The van der Waals surface area contributed by atoms with Crippen LogP contribution in [0.4, 0.5) is 9.52 Å². The summed E-state index contributed by atoms with van der Waals surface area (Å²) in [5.74, 6) is -0.0861. The van der Waals surface area contributed by atoms with Gasteiger partial charge in [-0.3, -0.25) is 4.79 Å². The molecule has 4 nitrogen and oxygen atoms in total. The Bertz CT molecular complexity index is 676. The van der Waals surface area contributed by atoms with Crippen molar-refractivity contribution in [1.82, 2.24) is 10.3 Å². The van der Waals surface area contributed by atoms with Gasteiger partial charge >= 0.3 is 0 Å². The second-order valence-electron chi connectivity index (χ2n) is 5.47. The first kappa shape index (κ1) is 12.1. The fourth-order valence-corrected chi connectivity index (χ4v) is 3.38. The molecule has 0 radical (unpaired) electrons. The van der Waals surface area contributed by atoms with Gasteiger partial charge in [0.1, 0.15) is 11.3 Å². The number of para-hydroxylation sites is 1. The van der Waals surface area contributed by atoms with Crippen molar-refractivity contribution in [2.75, 3.05) is 18.0 Å². The number of carbonyl (C=O) groups is 1. The standard InChI is InChI=1S/C14H14FN3OS/c15-10-2-1-3-11-12(10)17-14(20-11)18-6-8(7-18)13(19)16-9-4-5-9/h1-3,8-9H,4-7H2,(H,16,19). The van der Waals surface area contributed by atoms with Crippen LogP contribution in [0.2, 0.25) is 0 Å². The van der Waals surface area contributed by atoms with Gasteiger partial charge in [0, 0.05) is 19.1 Å². The average molecular weight is 291 g/mol. The number of nitrogens with zero attached hydrogens (tertiary/aromatic N) is 2. The third kappa shape index (κ3) is 2.04. The molecule has 104 valence electrons. The first-order chi connectivity index (χ1) is 9.70. The van der Waals surface area contributed by atoms with Crippen LogP contribution in [0.3, 0.4) is 0 Å². The van der Waals surface area contributed by atoms with Crippen molar-refractivity contribution in [3.05, 3.63) is 24.0 Å². The van der Waals surface area contributed by atoms with E-state index in [-0.39, 0.29) is 17.6 Å². The van der Waals surface area contributed by atoms with E-state index in [1.165, 1.54) is 17.4 Å². The summed E-state index contributed by atoms with van der Waals surface area (Å²) in [5.41, 5.74) is 0.429. The lowest BCUT2D eigenvalue weighted by atomic mass is 10.0. The third-order valence-corrected chi connectivity index (χ3v) is 4.89. The summed E-state index contributed by atoms with van der Waals surface area (Å²) < 4.78 is 14.5. The number of aromatic nitrogens is 1. The van der Waals surface area contributed by atoms with E-state index >= 15 is 0 Å². The number of amides is 1. The van der Waals surface area contributed by atoms with E-state index in [4.69, 9.17) is 0 Å². The number of anilines is 1. The van der Waals surface area contributed by atoms with Crippen molar-refractivity contribution in [1.29, 1.82) is 0 Å². The molecule has 0 spiro atoms. The van der Waals surface area contributed by atoms with Crippen LogP contribution >= 0.6 is 11.3 Å². The van der Waals surface area contributed by atoms with Crippen molar-refractivity contribution in [2.45, 2.75) is 18.9 Å². The van der Waals surface area contributed by atoms with Crippen LogP contribution in [-0.2, 0) is 4.79 Å². The van der Waals surface area contributed by atoms with Crippen molar-refractivity contribution >= 4 is 32.6 Å². The molecule has 0 unspecified atom stereocenters. The second kappa shape index (κ2) is 4.41. The van der Waals surface area contributed by atoms with Crippen LogP contribution in [0, 0.1) is 11.7 Å². The summed E-state index contributed by atoms with van der Waals surface area (Å²) in [6.45, 7) is 1.36. The Hall–Kier alpha value is -1.69. The molecule has 1 N–H and O–H groups in total. The van der Waals surface area contributed by atoms with Gasteiger partial charge in [0.15, 0.2) is 5.13 Å². The number of hydrogen-bond acceptors (Lipinski definition) is 4.